The number of carboxylic acids is 2. The molecule has 0 aromatic carbocycles. The zero-order valence-corrected chi connectivity index (χ0v) is 16.2. The van der Waals surface area contributed by atoms with Crippen molar-refractivity contribution < 1.29 is 24.6 Å². The van der Waals surface area contributed by atoms with E-state index in [1.165, 1.54) is 12.8 Å². The van der Waals surface area contributed by atoms with Crippen LogP contribution in [0.4, 0.5) is 0 Å². The monoisotopic (exact) mass is 379 g/mol. The SMILES string of the molecule is O=C(O)C1CCC(C(=O)O)(C(=O)N(C2CCCCC2)C2CCCCC2)CC1. The maximum atomic E-state index is 13.7. The highest BCUT2D eigenvalue weighted by molar-refractivity contribution is 6.02. The van der Waals surface area contributed by atoms with Crippen LogP contribution in [0.3, 0.4) is 0 Å². The molecule has 3 rings (SSSR count). The Morgan fingerprint density at radius 2 is 1.15 bits per heavy atom. The molecule has 152 valence electrons. The van der Waals surface area contributed by atoms with E-state index in [1.807, 2.05) is 4.90 Å². The standard InChI is InChI=1S/C21H33NO5/c23-18(24)15-11-13-21(14-12-15,20(26)27)19(25)22(16-7-3-1-4-8-16)17-9-5-2-6-10-17/h15-17H,1-14H2,(H,23,24)(H,26,27). The molecule has 0 aliphatic heterocycles. The van der Waals surface area contributed by atoms with Crippen LogP contribution >= 0.6 is 0 Å². The van der Waals surface area contributed by atoms with Crippen LogP contribution in [0.5, 0.6) is 0 Å². The van der Waals surface area contributed by atoms with E-state index in [0.29, 0.717) is 0 Å². The van der Waals surface area contributed by atoms with Gasteiger partial charge in [-0.05, 0) is 51.4 Å². The molecule has 3 aliphatic carbocycles. The van der Waals surface area contributed by atoms with Crippen molar-refractivity contribution in [2.24, 2.45) is 11.3 Å². The Morgan fingerprint density at radius 1 is 0.704 bits per heavy atom. The molecule has 0 bridgehead atoms. The third-order valence-corrected chi connectivity index (χ3v) is 7.18. The maximum Gasteiger partial charge on any atom is 0.319 e. The lowest BCUT2D eigenvalue weighted by atomic mass is 9.68. The molecule has 0 radical (unpaired) electrons. The van der Waals surface area contributed by atoms with Gasteiger partial charge in [0.2, 0.25) is 5.91 Å². The molecule has 0 heterocycles. The first kappa shape index (κ1) is 20.2. The number of carbonyl (C=O) groups is 3. The molecule has 0 spiro atoms. The summed E-state index contributed by atoms with van der Waals surface area (Å²) in [4.78, 5) is 39.3. The number of hydrogen-bond acceptors (Lipinski definition) is 3. The first-order chi connectivity index (χ1) is 13.0. The van der Waals surface area contributed by atoms with Crippen LogP contribution in [0.1, 0.15) is 89.9 Å². The maximum absolute atomic E-state index is 13.7. The van der Waals surface area contributed by atoms with Gasteiger partial charge in [-0.3, -0.25) is 14.4 Å². The molecule has 0 atom stereocenters. The molecule has 3 fully saturated rings. The summed E-state index contributed by atoms with van der Waals surface area (Å²) < 4.78 is 0. The van der Waals surface area contributed by atoms with Crippen molar-refractivity contribution in [1.29, 1.82) is 0 Å². The number of aliphatic carboxylic acids is 2. The average molecular weight is 379 g/mol. The van der Waals surface area contributed by atoms with Gasteiger partial charge < -0.3 is 15.1 Å². The summed E-state index contributed by atoms with van der Waals surface area (Å²) in [6.45, 7) is 0. The third kappa shape index (κ3) is 4.14. The highest BCUT2D eigenvalue weighted by Crippen LogP contribution is 2.43. The van der Waals surface area contributed by atoms with Gasteiger partial charge in [0.1, 0.15) is 5.41 Å². The van der Waals surface area contributed by atoms with Crippen molar-refractivity contribution in [3.63, 3.8) is 0 Å². The van der Waals surface area contributed by atoms with Gasteiger partial charge in [-0.25, -0.2) is 0 Å². The lowest BCUT2D eigenvalue weighted by Crippen LogP contribution is -2.57. The van der Waals surface area contributed by atoms with Crippen LogP contribution in [0.15, 0.2) is 0 Å². The van der Waals surface area contributed by atoms with Crippen molar-refractivity contribution in [2.45, 2.75) is 102 Å². The van der Waals surface area contributed by atoms with E-state index >= 15 is 0 Å². The molecule has 6 heteroatoms. The Balaban J connectivity index is 1.85. The Morgan fingerprint density at radius 3 is 1.52 bits per heavy atom. The summed E-state index contributed by atoms with van der Waals surface area (Å²) in [5.41, 5.74) is -1.43. The van der Waals surface area contributed by atoms with Crippen molar-refractivity contribution in [1.82, 2.24) is 4.90 Å². The van der Waals surface area contributed by atoms with Gasteiger partial charge in [0.25, 0.3) is 0 Å². The molecule has 6 nitrogen and oxygen atoms in total. The molecule has 27 heavy (non-hydrogen) atoms. The van der Waals surface area contributed by atoms with Crippen LogP contribution in [-0.2, 0) is 14.4 Å². The van der Waals surface area contributed by atoms with E-state index in [1.54, 1.807) is 0 Å². The molecule has 3 aliphatic rings. The number of carbonyl (C=O) groups excluding carboxylic acids is 1. The van der Waals surface area contributed by atoms with E-state index in [4.69, 9.17) is 0 Å². The molecular weight excluding hydrogens is 346 g/mol. The van der Waals surface area contributed by atoms with Gasteiger partial charge in [-0.1, -0.05) is 38.5 Å². The second-order valence-corrected chi connectivity index (χ2v) is 8.80. The van der Waals surface area contributed by atoms with Gasteiger partial charge in [-0.2, -0.15) is 0 Å². The lowest BCUT2D eigenvalue weighted by Gasteiger charge is -2.46. The van der Waals surface area contributed by atoms with Gasteiger partial charge in [0.05, 0.1) is 5.92 Å². The number of hydrogen-bond donors (Lipinski definition) is 2. The largest absolute Gasteiger partial charge is 0.481 e. The van der Waals surface area contributed by atoms with Crippen molar-refractivity contribution in [2.75, 3.05) is 0 Å². The van der Waals surface area contributed by atoms with E-state index in [2.05, 4.69) is 0 Å². The van der Waals surface area contributed by atoms with Crippen molar-refractivity contribution in [3.05, 3.63) is 0 Å². The highest BCUT2D eigenvalue weighted by Gasteiger charge is 2.53. The summed E-state index contributed by atoms with van der Waals surface area (Å²) >= 11 is 0. The van der Waals surface area contributed by atoms with Gasteiger partial charge in [0, 0.05) is 12.1 Å². The number of nitrogens with zero attached hydrogens (tertiary/aromatic N) is 1. The van der Waals surface area contributed by atoms with Crippen LogP contribution in [0.2, 0.25) is 0 Å². The van der Waals surface area contributed by atoms with Gasteiger partial charge in [0.15, 0.2) is 0 Å². The molecule has 2 N–H and O–H groups in total. The second-order valence-electron chi connectivity index (χ2n) is 8.80. The Labute approximate surface area is 161 Å². The van der Waals surface area contributed by atoms with Crippen LogP contribution < -0.4 is 0 Å². The van der Waals surface area contributed by atoms with Crippen molar-refractivity contribution in [3.8, 4) is 0 Å². The third-order valence-electron chi connectivity index (χ3n) is 7.18. The molecule has 0 saturated heterocycles. The Kier molecular flexibility index (Phi) is 6.43. The Bertz CT molecular complexity index is 537. The fraction of sp³-hybridized carbons (Fsp3) is 0.857. The highest BCUT2D eigenvalue weighted by atomic mass is 16.4. The smallest absolute Gasteiger partial charge is 0.319 e. The number of rotatable bonds is 5. The van der Waals surface area contributed by atoms with Crippen LogP contribution in [-0.4, -0.2) is 45.0 Å². The Hall–Kier alpha value is -1.59. The van der Waals surface area contributed by atoms with Crippen LogP contribution in [0, 0.1) is 11.3 Å². The molecule has 0 aromatic rings. The van der Waals surface area contributed by atoms with E-state index < -0.39 is 23.3 Å². The minimum Gasteiger partial charge on any atom is -0.481 e. The van der Waals surface area contributed by atoms with Gasteiger partial charge in [-0.15, -0.1) is 0 Å². The molecule has 0 aromatic heterocycles. The summed E-state index contributed by atoms with van der Waals surface area (Å²) in [5.74, 6) is -2.69. The minimum absolute atomic E-state index is 0.147. The van der Waals surface area contributed by atoms with E-state index in [9.17, 15) is 24.6 Å². The fourth-order valence-corrected chi connectivity index (χ4v) is 5.47. The predicted octanol–water partition coefficient (Wildman–Crippen LogP) is 3.83. The van der Waals surface area contributed by atoms with E-state index in [-0.39, 0.29) is 43.7 Å². The average Bonchev–Trinajstić information content (AvgIpc) is 2.69. The van der Waals surface area contributed by atoms with Gasteiger partial charge >= 0.3 is 11.9 Å². The van der Waals surface area contributed by atoms with Crippen LogP contribution in [0.25, 0.3) is 0 Å². The normalized spacial score (nSPS) is 30.6. The lowest BCUT2D eigenvalue weighted by molar-refractivity contribution is -0.169. The zero-order valence-electron chi connectivity index (χ0n) is 16.2. The fourth-order valence-electron chi connectivity index (χ4n) is 5.47. The van der Waals surface area contributed by atoms with E-state index in [0.717, 1.165) is 51.4 Å². The predicted molar refractivity (Wildman–Crippen MR) is 100 cm³/mol. The quantitative estimate of drug-likeness (QED) is 0.708. The zero-order chi connectivity index (χ0) is 19.4. The first-order valence-electron chi connectivity index (χ1n) is 10.7. The summed E-state index contributed by atoms with van der Waals surface area (Å²) in [6, 6.07) is 0.311. The molecule has 0 unspecified atom stereocenters. The minimum atomic E-state index is -1.43. The van der Waals surface area contributed by atoms with Crippen molar-refractivity contribution >= 4 is 17.8 Å². The second kappa shape index (κ2) is 8.61. The number of carboxylic acid groups (broad SMARTS) is 2. The number of amides is 1. The summed E-state index contributed by atoms with van der Waals surface area (Å²) in [7, 11) is 0. The first-order valence-corrected chi connectivity index (χ1v) is 10.7. The molecular formula is C21H33NO5. The summed E-state index contributed by atoms with van der Waals surface area (Å²) in [6.07, 6.45) is 11.5. The molecule has 3 saturated carbocycles. The molecule has 1 amide bonds. The summed E-state index contributed by atoms with van der Waals surface area (Å²) in [5, 5.41) is 19.3. The topological polar surface area (TPSA) is 94.9 Å².